The summed E-state index contributed by atoms with van der Waals surface area (Å²) in [4.78, 5) is 21.6. The lowest BCUT2D eigenvalue weighted by molar-refractivity contribution is -0.147. The Morgan fingerprint density at radius 2 is 1.36 bits per heavy atom. The molecule has 0 aromatic rings. The molecule has 0 spiro atoms. The minimum absolute atomic E-state index is 0.243. The van der Waals surface area contributed by atoms with Crippen LogP contribution in [0.2, 0.25) is 0 Å². The maximum absolute atomic E-state index is 12.0. The van der Waals surface area contributed by atoms with Crippen molar-refractivity contribution in [3.8, 4) is 0 Å². The van der Waals surface area contributed by atoms with Crippen molar-refractivity contribution in [3.63, 3.8) is 0 Å². The van der Waals surface area contributed by atoms with E-state index in [-0.39, 0.29) is 6.61 Å². The van der Waals surface area contributed by atoms with Crippen LogP contribution in [0.5, 0.6) is 0 Å². The number of esters is 1. The topological polar surface area (TPSA) is 149 Å². The van der Waals surface area contributed by atoms with Gasteiger partial charge in [0.1, 0.15) is 12.1 Å². The highest BCUT2D eigenvalue weighted by Crippen LogP contribution is 2.44. The van der Waals surface area contributed by atoms with Crippen LogP contribution >= 0.6 is 7.82 Å². The molecule has 5 N–H and O–H groups in total. The number of aliphatic hydroxyl groups excluding tert-OH is 2. The van der Waals surface area contributed by atoms with E-state index in [1.165, 1.54) is 77.6 Å². The molecule has 0 radical (unpaired) electrons. The van der Waals surface area contributed by atoms with Gasteiger partial charge in [0.25, 0.3) is 0 Å². The van der Waals surface area contributed by atoms with Gasteiger partial charge in [-0.3, -0.25) is 13.8 Å². The molecule has 0 fully saturated rings. The Hall–Kier alpha value is -0.540. The van der Waals surface area contributed by atoms with Gasteiger partial charge in [0, 0.05) is 0 Å². The highest BCUT2D eigenvalue weighted by Gasteiger charge is 2.32. The van der Waals surface area contributed by atoms with E-state index < -0.39 is 45.3 Å². The SMILES string of the molecule is CCCCCCCCCCCCCCCCOC(=O)[C@@H](N)[C@@H](C)OP(=O)(O)OC[C@H](O)CO. The number of aliphatic hydroxyl groups is 2. The van der Waals surface area contributed by atoms with Crippen molar-refractivity contribution in [2.24, 2.45) is 5.73 Å². The second-order valence-corrected chi connectivity index (χ2v) is 10.1. The number of ether oxygens (including phenoxy) is 1. The molecule has 0 aliphatic rings. The highest BCUT2D eigenvalue weighted by molar-refractivity contribution is 7.47. The van der Waals surface area contributed by atoms with E-state index >= 15 is 0 Å². The Kier molecular flexibility index (Phi) is 20.5. The lowest BCUT2D eigenvalue weighted by Crippen LogP contribution is -2.42. The zero-order valence-corrected chi connectivity index (χ0v) is 21.6. The molecule has 0 rings (SSSR count). The molecule has 1 unspecified atom stereocenters. The quantitative estimate of drug-likeness (QED) is 0.0925. The molecule has 10 heteroatoms. The van der Waals surface area contributed by atoms with Crippen molar-refractivity contribution >= 4 is 13.8 Å². The number of carbonyl (C=O) groups excluding carboxylic acids is 1. The standard InChI is InChI=1S/C23H48NO8P/c1-3-4-5-6-7-8-9-10-11-12-13-14-15-16-17-30-23(27)22(24)20(2)32-33(28,29)31-19-21(26)18-25/h20-22,25-26H,3-19,24H2,1-2H3,(H,28,29)/t20-,21-,22+/m1/s1. The van der Waals surface area contributed by atoms with Crippen LogP contribution in [0.15, 0.2) is 0 Å². The van der Waals surface area contributed by atoms with Crippen LogP contribution in [0.3, 0.4) is 0 Å². The summed E-state index contributed by atoms with van der Waals surface area (Å²) >= 11 is 0. The zero-order chi connectivity index (χ0) is 25.0. The molecule has 0 amide bonds. The molecule has 0 saturated heterocycles. The summed E-state index contributed by atoms with van der Waals surface area (Å²) in [5, 5.41) is 17.8. The lowest BCUT2D eigenvalue weighted by atomic mass is 10.0. The number of hydrogen-bond acceptors (Lipinski definition) is 8. The van der Waals surface area contributed by atoms with Gasteiger partial charge in [-0.25, -0.2) is 4.57 Å². The highest BCUT2D eigenvalue weighted by atomic mass is 31.2. The van der Waals surface area contributed by atoms with E-state index in [2.05, 4.69) is 11.4 Å². The number of unbranched alkanes of at least 4 members (excludes halogenated alkanes) is 13. The van der Waals surface area contributed by atoms with Crippen LogP contribution in [0.4, 0.5) is 0 Å². The van der Waals surface area contributed by atoms with Gasteiger partial charge in [-0.1, -0.05) is 90.4 Å². The van der Waals surface area contributed by atoms with Crippen molar-refractivity contribution in [1.82, 2.24) is 0 Å². The van der Waals surface area contributed by atoms with Crippen molar-refractivity contribution in [2.75, 3.05) is 19.8 Å². The minimum atomic E-state index is -4.53. The van der Waals surface area contributed by atoms with Gasteiger partial charge < -0.3 is 25.6 Å². The van der Waals surface area contributed by atoms with Crippen LogP contribution in [0.25, 0.3) is 0 Å². The molecule has 0 aliphatic heterocycles. The zero-order valence-electron chi connectivity index (χ0n) is 20.7. The van der Waals surface area contributed by atoms with E-state index in [1.807, 2.05) is 0 Å². The predicted molar refractivity (Wildman–Crippen MR) is 129 cm³/mol. The maximum Gasteiger partial charge on any atom is 0.472 e. The van der Waals surface area contributed by atoms with E-state index in [4.69, 9.17) is 25.2 Å². The Bertz CT molecular complexity index is 523. The smallest absolute Gasteiger partial charge is 0.464 e. The Morgan fingerprint density at radius 3 is 1.82 bits per heavy atom. The second-order valence-electron chi connectivity index (χ2n) is 8.70. The average molecular weight is 498 g/mol. The number of phosphoric ester groups is 1. The van der Waals surface area contributed by atoms with Crippen LogP contribution in [-0.4, -0.2) is 59.1 Å². The monoisotopic (exact) mass is 497 g/mol. The first-order chi connectivity index (χ1) is 15.7. The van der Waals surface area contributed by atoms with Crippen molar-refractivity contribution in [1.29, 1.82) is 0 Å². The summed E-state index contributed by atoms with van der Waals surface area (Å²) in [5.41, 5.74) is 5.73. The van der Waals surface area contributed by atoms with E-state index in [1.54, 1.807) is 0 Å². The Morgan fingerprint density at radius 1 is 0.909 bits per heavy atom. The summed E-state index contributed by atoms with van der Waals surface area (Å²) in [6.07, 6.45) is 14.9. The molecule has 9 nitrogen and oxygen atoms in total. The summed E-state index contributed by atoms with van der Waals surface area (Å²) in [6, 6.07) is -1.25. The fraction of sp³-hybridized carbons (Fsp3) is 0.957. The van der Waals surface area contributed by atoms with Crippen molar-refractivity contribution < 1.29 is 38.3 Å². The molecule has 0 aromatic heterocycles. The molecule has 0 saturated carbocycles. The van der Waals surface area contributed by atoms with E-state index in [0.717, 1.165) is 19.3 Å². The Labute approximate surface area is 200 Å². The van der Waals surface area contributed by atoms with Gasteiger partial charge in [0.15, 0.2) is 0 Å². The molecule has 33 heavy (non-hydrogen) atoms. The summed E-state index contributed by atoms with van der Waals surface area (Å²) in [5.74, 6) is -0.715. The van der Waals surface area contributed by atoms with Crippen LogP contribution in [0, 0.1) is 0 Å². The third kappa shape index (κ3) is 19.5. The van der Waals surface area contributed by atoms with Gasteiger partial charge in [0.05, 0.1) is 25.9 Å². The fourth-order valence-corrected chi connectivity index (χ4v) is 4.27. The summed E-state index contributed by atoms with van der Waals surface area (Å²) < 4.78 is 26.3. The lowest BCUT2D eigenvalue weighted by Gasteiger charge is -2.22. The first kappa shape index (κ1) is 32.5. The number of nitrogens with two attached hydrogens (primary N) is 1. The largest absolute Gasteiger partial charge is 0.472 e. The maximum atomic E-state index is 12.0. The summed E-state index contributed by atoms with van der Waals surface area (Å²) in [7, 11) is -4.53. The first-order valence-corrected chi connectivity index (χ1v) is 14.1. The van der Waals surface area contributed by atoms with E-state index in [0.29, 0.717) is 0 Å². The van der Waals surface area contributed by atoms with Gasteiger partial charge >= 0.3 is 13.8 Å². The average Bonchev–Trinajstić information content (AvgIpc) is 2.78. The van der Waals surface area contributed by atoms with Crippen LogP contribution in [-0.2, 0) is 23.1 Å². The van der Waals surface area contributed by atoms with Crippen molar-refractivity contribution in [3.05, 3.63) is 0 Å². The Balaban J connectivity index is 3.69. The fourth-order valence-electron chi connectivity index (χ4n) is 3.30. The normalized spacial score (nSPS) is 16.2. The van der Waals surface area contributed by atoms with Crippen molar-refractivity contribution in [2.45, 2.75) is 122 Å². The number of phosphoric acid groups is 1. The van der Waals surface area contributed by atoms with Gasteiger partial charge in [0.2, 0.25) is 0 Å². The molecular formula is C23H48NO8P. The third-order valence-corrected chi connectivity index (χ3v) is 6.53. The molecule has 4 atom stereocenters. The minimum Gasteiger partial charge on any atom is -0.464 e. The number of hydrogen-bond donors (Lipinski definition) is 4. The number of rotatable bonds is 23. The summed E-state index contributed by atoms with van der Waals surface area (Å²) in [6.45, 7) is 2.63. The third-order valence-electron chi connectivity index (χ3n) is 5.46. The van der Waals surface area contributed by atoms with E-state index in [9.17, 15) is 14.3 Å². The molecule has 0 aromatic carbocycles. The molecule has 0 heterocycles. The molecule has 0 aliphatic carbocycles. The first-order valence-electron chi connectivity index (χ1n) is 12.6. The van der Waals surface area contributed by atoms with Crippen LogP contribution in [0.1, 0.15) is 104 Å². The van der Waals surface area contributed by atoms with Gasteiger partial charge in [-0.15, -0.1) is 0 Å². The van der Waals surface area contributed by atoms with Crippen LogP contribution < -0.4 is 5.73 Å². The molecule has 0 bridgehead atoms. The second kappa shape index (κ2) is 20.8. The molecular weight excluding hydrogens is 449 g/mol. The van der Waals surface area contributed by atoms with Gasteiger partial charge in [-0.2, -0.15) is 0 Å². The van der Waals surface area contributed by atoms with Gasteiger partial charge in [-0.05, 0) is 13.3 Å². The predicted octanol–water partition coefficient (Wildman–Crippen LogP) is 4.21. The number of carbonyl (C=O) groups is 1. The molecule has 198 valence electrons.